The molecule has 6 heteroatoms. The van der Waals surface area contributed by atoms with Crippen molar-refractivity contribution in [1.29, 1.82) is 5.41 Å². The van der Waals surface area contributed by atoms with Crippen LogP contribution in [0.5, 0.6) is 0 Å². The second-order valence-electron chi connectivity index (χ2n) is 2.25. The summed E-state index contributed by atoms with van der Waals surface area (Å²) < 4.78 is 25.2. The summed E-state index contributed by atoms with van der Waals surface area (Å²) in [6.45, 7) is 0. The molecule has 1 rings (SSSR count). The molecular formula is C7H7N3O2S. The number of nitrogens with zero attached hydrogens (tertiary/aromatic N) is 1. The molecule has 0 unspecified atom stereocenters. The third-order valence-corrected chi connectivity index (χ3v) is 2.54. The summed E-state index contributed by atoms with van der Waals surface area (Å²) in [6, 6.07) is 7.03. The summed E-state index contributed by atoms with van der Waals surface area (Å²) in [5.74, 6) is 0. The van der Waals surface area contributed by atoms with Gasteiger partial charge < -0.3 is 5.73 Å². The van der Waals surface area contributed by atoms with Crippen molar-refractivity contribution in [1.82, 2.24) is 0 Å². The Morgan fingerprint density at radius 2 is 1.85 bits per heavy atom. The molecule has 0 heterocycles. The van der Waals surface area contributed by atoms with Gasteiger partial charge in [0.1, 0.15) is 6.01 Å². The predicted octanol–water partition coefficient (Wildman–Crippen LogP) is 0.710. The van der Waals surface area contributed by atoms with Gasteiger partial charge in [-0.25, -0.2) is 5.41 Å². The Kier molecular flexibility index (Phi) is 2.46. The Morgan fingerprint density at radius 1 is 1.31 bits per heavy atom. The van der Waals surface area contributed by atoms with Crippen molar-refractivity contribution < 1.29 is 8.42 Å². The normalized spacial score (nSPS) is 10.5. The predicted molar refractivity (Wildman–Crippen MR) is 48.2 cm³/mol. The second-order valence-corrected chi connectivity index (χ2v) is 3.85. The molecule has 0 spiro atoms. The van der Waals surface area contributed by atoms with Gasteiger partial charge in [0.05, 0.1) is 4.90 Å². The molecule has 0 radical (unpaired) electrons. The molecule has 5 nitrogen and oxygen atoms in total. The molecule has 68 valence electrons. The topological polar surface area (TPSA) is 96.4 Å². The molecule has 0 saturated heterocycles. The van der Waals surface area contributed by atoms with E-state index in [0.29, 0.717) is 5.69 Å². The minimum Gasteiger partial charge on any atom is -0.399 e. The molecule has 0 aromatic heterocycles. The first-order valence-corrected chi connectivity index (χ1v) is 4.74. The summed E-state index contributed by atoms with van der Waals surface area (Å²) in [5.41, 5.74) is 5.84. The van der Waals surface area contributed by atoms with Gasteiger partial charge in [-0.15, -0.1) is 0 Å². The average Bonchev–Trinajstić information content (AvgIpc) is 2.05. The molecular weight excluding hydrogens is 190 g/mol. The van der Waals surface area contributed by atoms with Gasteiger partial charge in [0, 0.05) is 5.69 Å². The lowest BCUT2D eigenvalue weighted by Gasteiger charge is -1.96. The number of hydrogen-bond donors (Lipinski definition) is 2. The maximum atomic E-state index is 11.2. The zero-order valence-corrected chi connectivity index (χ0v) is 7.38. The maximum Gasteiger partial charge on any atom is 0.291 e. The van der Waals surface area contributed by atoms with E-state index in [4.69, 9.17) is 11.1 Å². The monoisotopic (exact) mass is 197 g/mol. The number of rotatable bonds is 2. The van der Waals surface area contributed by atoms with E-state index in [1.54, 1.807) is 0 Å². The van der Waals surface area contributed by atoms with E-state index in [1.807, 2.05) is 0 Å². The second kappa shape index (κ2) is 3.38. The van der Waals surface area contributed by atoms with Crippen molar-refractivity contribution in [2.24, 2.45) is 4.40 Å². The molecule has 0 aliphatic carbocycles. The van der Waals surface area contributed by atoms with Gasteiger partial charge in [-0.1, -0.05) is 4.40 Å². The third kappa shape index (κ3) is 2.14. The van der Waals surface area contributed by atoms with Crippen molar-refractivity contribution >= 4 is 21.7 Å². The van der Waals surface area contributed by atoms with E-state index in [0.717, 1.165) is 0 Å². The lowest BCUT2D eigenvalue weighted by molar-refractivity contribution is 0.598. The van der Waals surface area contributed by atoms with E-state index in [2.05, 4.69) is 4.40 Å². The van der Waals surface area contributed by atoms with E-state index < -0.39 is 10.0 Å². The maximum absolute atomic E-state index is 11.2. The van der Waals surface area contributed by atoms with Crippen molar-refractivity contribution in [3.8, 4) is 0 Å². The van der Waals surface area contributed by atoms with Gasteiger partial charge in [-0.2, -0.15) is 8.42 Å². The fourth-order valence-corrected chi connectivity index (χ4v) is 1.46. The quantitative estimate of drug-likeness (QED) is 0.539. The van der Waals surface area contributed by atoms with Crippen molar-refractivity contribution in [3.63, 3.8) is 0 Å². The first-order chi connectivity index (χ1) is 6.06. The van der Waals surface area contributed by atoms with Crippen LogP contribution in [0.4, 0.5) is 5.69 Å². The smallest absolute Gasteiger partial charge is 0.291 e. The Hall–Kier alpha value is -1.65. The number of nitrogens with one attached hydrogen (secondary N) is 1. The van der Waals surface area contributed by atoms with Crippen molar-refractivity contribution in [2.75, 3.05) is 5.73 Å². The minimum absolute atomic E-state index is 0.00134. The highest BCUT2D eigenvalue weighted by molar-refractivity contribution is 7.90. The summed E-state index contributed by atoms with van der Waals surface area (Å²) >= 11 is 0. The number of anilines is 1. The fraction of sp³-hybridized carbons (Fsp3) is 0. The van der Waals surface area contributed by atoms with Crippen LogP contribution < -0.4 is 5.73 Å². The van der Waals surface area contributed by atoms with Crippen LogP contribution in [0.2, 0.25) is 0 Å². The molecule has 3 N–H and O–H groups in total. The van der Waals surface area contributed by atoms with E-state index in [9.17, 15) is 8.42 Å². The molecule has 0 bridgehead atoms. The average molecular weight is 197 g/mol. The SMILES string of the molecule is N=C=NS(=O)(=O)c1ccc(N)cc1. The summed E-state index contributed by atoms with van der Waals surface area (Å²) in [4.78, 5) is 0.00134. The van der Waals surface area contributed by atoms with Crippen molar-refractivity contribution in [2.45, 2.75) is 4.90 Å². The number of sulfonamides is 1. The molecule has 0 amide bonds. The first kappa shape index (κ1) is 9.44. The van der Waals surface area contributed by atoms with E-state index >= 15 is 0 Å². The first-order valence-electron chi connectivity index (χ1n) is 3.30. The summed E-state index contributed by atoms with van der Waals surface area (Å²) in [5, 5.41) is 6.43. The number of nitrogens with two attached hydrogens (primary N) is 1. The Morgan fingerprint density at radius 3 is 2.31 bits per heavy atom. The zero-order chi connectivity index (χ0) is 9.90. The Balaban J connectivity index is 3.24. The summed E-state index contributed by atoms with van der Waals surface area (Å²) in [6.07, 6.45) is 0. The van der Waals surface area contributed by atoms with Crippen LogP contribution in [0.15, 0.2) is 33.6 Å². The van der Waals surface area contributed by atoms with Crippen LogP contribution >= 0.6 is 0 Å². The van der Waals surface area contributed by atoms with Gasteiger partial charge in [0.25, 0.3) is 10.0 Å². The molecule has 0 aliphatic heterocycles. The highest BCUT2D eigenvalue weighted by atomic mass is 32.2. The van der Waals surface area contributed by atoms with Crippen LogP contribution in [-0.4, -0.2) is 14.4 Å². The molecule has 0 fully saturated rings. The Bertz CT molecular complexity index is 443. The standard InChI is InChI=1S/C7H7N3O2S/c8-5-10-13(11,12)7-3-1-6(9)2-4-7/h1-4,8H,9H2. The molecule has 0 saturated carbocycles. The van der Waals surface area contributed by atoms with E-state index in [1.165, 1.54) is 30.3 Å². The van der Waals surface area contributed by atoms with Crippen LogP contribution in [-0.2, 0) is 10.0 Å². The lowest BCUT2D eigenvalue weighted by Crippen LogP contribution is -1.96. The number of nitrogen functional groups attached to an aromatic ring is 1. The largest absolute Gasteiger partial charge is 0.399 e. The van der Waals surface area contributed by atoms with Crippen LogP contribution in [0.3, 0.4) is 0 Å². The molecule has 0 aliphatic rings. The van der Waals surface area contributed by atoms with Gasteiger partial charge in [-0.3, -0.25) is 0 Å². The molecule has 1 aromatic carbocycles. The molecule has 13 heavy (non-hydrogen) atoms. The summed E-state index contributed by atoms with van der Waals surface area (Å²) in [7, 11) is -3.76. The van der Waals surface area contributed by atoms with E-state index in [-0.39, 0.29) is 4.90 Å². The molecule has 0 atom stereocenters. The van der Waals surface area contributed by atoms with Crippen molar-refractivity contribution in [3.05, 3.63) is 24.3 Å². The van der Waals surface area contributed by atoms with Crippen LogP contribution in [0, 0.1) is 5.41 Å². The fourth-order valence-electron chi connectivity index (χ4n) is 0.753. The number of hydrogen-bond acceptors (Lipinski definition) is 4. The van der Waals surface area contributed by atoms with Crippen LogP contribution in [0.1, 0.15) is 0 Å². The van der Waals surface area contributed by atoms with Gasteiger partial charge in [0.15, 0.2) is 0 Å². The third-order valence-electron chi connectivity index (χ3n) is 1.34. The highest BCUT2D eigenvalue weighted by Gasteiger charge is 2.10. The Labute approximate surface area is 75.5 Å². The van der Waals surface area contributed by atoms with Crippen LogP contribution in [0.25, 0.3) is 0 Å². The van der Waals surface area contributed by atoms with Gasteiger partial charge in [0.2, 0.25) is 0 Å². The highest BCUT2D eigenvalue weighted by Crippen LogP contribution is 2.13. The van der Waals surface area contributed by atoms with Gasteiger partial charge >= 0.3 is 0 Å². The van der Waals surface area contributed by atoms with Gasteiger partial charge in [-0.05, 0) is 24.3 Å². The lowest BCUT2D eigenvalue weighted by atomic mass is 10.3. The molecule has 1 aromatic rings. The number of benzene rings is 1. The zero-order valence-electron chi connectivity index (χ0n) is 6.56. The minimum atomic E-state index is -3.76.